The van der Waals surface area contributed by atoms with Crippen LogP contribution in [0.3, 0.4) is 0 Å². The highest BCUT2D eigenvalue weighted by molar-refractivity contribution is 7.90. The molecule has 0 aromatic carbocycles. The van der Waals surface area contributed by atoms with Gasteiger partial charge in [0.15, 0.2) is 0 Å². The first-order valence-corrected chi connectivity index (χ1v) is 7.77. The lowest BCUT2D eigenvalue weighted by Gasteiger charge is -1.99. The third-order valence-electron chi connectivity index (χ3n) is 2.69. The molecule has 0 bridgehead atoms. The van der Waals surface area contributed by atoms with E-state index in [2.05, 4.69) is 25.0 Å². The topological polar surface area (TPSA) is 129 Å². The van der Waals surface area contributed by atoms with Crippen molar-refractivity contribution >= 4 is 21.6 Å². The van der Waals surface area contributed by atoms with Crippen molar-refractivity contribution in [1.29, 1.82) is 0 Å². The summed E-state index contributed by atoms with van der Waals surface area (Å²) in [5.41, 5.74) is 7.23. The standard InChI is InChI=1S/C11H11N7O2S/c1-6-3-4-7(13-5-6)8-14-10-16-11(21(2,19)20)15-9(12)18(10)17-8/h3-5H,1-2H3,(H2,12,14,15,16,17). The summed E-state index contributed by atoms with van der Waals surface area (Å²) in [6.07, 6.45) is 2.68. The van der Waals surface area contributed by atoms with E-state index in [1.165, 1.54) is 4.52 Å². The quantitative estimate of drug-likeness (QED) is 0.693. The Morgan fingerprint density at radius 3 is 2.57 bits per heavy atom. The van der Waals surface area contributed by atoms with E-state index >= 15 is 0 Å². The van der Waals surface area contributed by atoms with Crippen LogP contribution in [-0.2, 0) is 9.84 Å². The smallest absolute Gasteiger partial charge is 0.258 e. The second-order valence-corrected chi connectivity index (χ2v) is 6.41. The molecule has 3 heterocycles. The Bertz CT molecular complexity index is 931. The largest absolute Gasteiger partial charge is 0.368 e. The number of aromatic nitrogens is 6. The molecule has 0 aliphatic rings. The zero-order valence-electron chi connectivity index (χ0n) is 11.2. The molecule has 0 aliphatic heterocycles. The van der Waals surface area contributed by atoms with Gasteiger partial charge in [0, 0.05) is 12.5 Å². The lowest BCUT2D eigenvalue weighted by molar-refractivity contribution is 0.592. The fourth-order valence-corrected chi connectivity index (χ4v) is 2.17. The monoisotopic (exact) mass is 305 g/mol. The van der Waals surface area contributed by atoms with Crippen molar-refractivity contribution in [2.45, 2.75) is 12.1 Å². The Labute approximate surface area is 119 Å². The minimum Gasteiger partial charge on any atom is -0.368 e. The first-order valence-electron chi connectivity index (χ1n) is 5.88. The van der Waals surface area contributed by atoms with Crippen molar-refractivity contribution in [3.05, 3.63) is 23.9 Å². The van der Waals surface area contributed by atoms with Crippen molar-refractivity contribution in [2.24, 2.45) is 0 Å². The summed E-state index contributed by atoms with van der Waals surface area (Å²) in [7, 11) is -3.58. The van der Waals surface area contributed by atoms with Crippen LogP contribution in [0.1, 0.15) is 5.56 Å². The van der Waals surface area contributed by atoms with Gasteiger partial charge in [0.05, 0.1) is 0 Å². The molecule has 0 spiro atoms. The highest BCUT2D eigenvalue weighted by Crippen LogP contribution is 2.15. The molecule has 3 aromatic rings. The summed E-state index contributed by atoms with van der Waals surface area (Å²) in [4.78, 5) is 15.9. The van der Waals surface area contributed by atoms with E-state index in [1.807, 2.05) is 13.0 Å². The first-order chi connectivity index (χ1) is 9.84. The lowest BCUT2D eigenvalue weighted by atomic mass is 10.3. The molecule has 0 radical (unpaired) electrons. The van der Waals surface area contributed by atoms with Crippen LogP contribution in [0.15, 0.2) is 23.5 Å². The zero-order valence-corrected chi connectivity index (χ0v) is 12.0. The van der Waals surface area contributed by atoms with Crippen LogP contribution >= 0.6 is 0 Å². The first kappa shape index (κ1) is 13.4. The van der Waals surface area contributed by atoms with Gasteiger partial charge in [0.25, 0.3) is 10.9 Å². The second kappa shape index (κ2) is 4.45. The molecule has 9 nitrogen and oxygen atoms in total. The maximum atomic E-state index is 11.5. The Morgan fingerprint density at radius 2 is 1.95 bits per heavy atom. The van der Waals surface area contributed by atoms with Gasteiger partial charge in [0.1, 0.15) is 5.69 Å². The zero-order chi connectivity index (χ0) is 15.2. The number of hydrogen-bond donors (Lipinski definition) is 1. The van der Waals surface area contributed by atoms with Gasteiger partial charge in [-0.15, -0.1) is 5.10 Å². The van der Waals surface area contributed by atoms with Crippen LogP contribution in [-0.4, -0.2) is 44.2 Å². The Kier molecular flexibility index (Phi) is 2.83. The van der Waals surface area contributed by atoms with Gasteiger partial charge in [-0.25, -0.2) is 8.42 Å². The summed E-state index contributed by atoms with van der Waals surface area (Å²) in [5.74, 6) is 0.244. The van der Waals surface area contributed by atoms with Gasteiger partial charge >= 0.3 is 0 Å². The number of rotatable bonds is 2. The predicted octanol–water partition coefficient (Wildman–Crippen LogP) is -0.125. The highest BCUT2D eigenvalue weighted by atomic mass is 32.2. The van der Waals surface area contributed by atoms with Gasteiger partial charge in [-0.1, -0.05) is 6.07 Å². The number of nitrogens with zero attached hydrogens (tertiary/aromatic N) is 6. The minimum absolute atomic E-state index is 0.0558. The number of fused-ring (bicyclic) bond motifs is 1. The fourth-order valence-electron chi connectivity index (χ4n) is 1.66. The summed E-state index contributed by atoms with van der Waals surface area (Å²) in [5, 5.41) is 3.75. The maximum absolute atomic E-state index is 11.5. The van der Waals surface area contributed by atoms with Crippen LogP contribution < -0.4 is 5.73 Å². The minimum atomic E-state index is -3.58. The predicted molar refractivity (Wildman–Crippen MR) is 74.1 cm³/mol. The molecule has 108 valence electrons. The van der Waals surface area contributed by atoms with Gasteiger partial charge < -0.3 is 5.73 Å². The number of nitrogens with two attached hydrogens (primary N) is 1. The van der Waals surface area contributed by atoms with Gasteiger partial charge in [-0.2, -0.15) is 19.5 Å². The van der Waals surface area contributed by atoms with E-state index in [1.54, 1.807) is 12.3 Å². The summed E-state index contributed by atoms with van der Waals surface area (Å²) in [6, 6.07) is 3.62. The Balaban J connectivity index is 2.20. The van der Waals surface area contributed by atoms with Gasteiger partial charge in [-0.3, -0.25) is 4.98 Å². The number of nitrogen functional groups attached to an aromatic ring is 1. The van der Waals surface area contributed by atoms with E-state index in [0.717, 1.165) is 11.8 Å². The van der Waals surface area contributed by atoms with Gasteiger partial charge in [-0.05, 0) is 18.6 Å². The van der Waals surface area contributed by atoms with Crippen molar-refractivity contribution in [1.82, 2.24) is 29.5 Å². The maximum Gasteiger partial charge on any atom is 0.258 e. The summed E-state index contributed by atoms with van der Waals surface area (Å²) < 4.78 is 24.2. The van der Waals surface area contributed by atoms with Crippen LogP contribution in [0.2, 0.25) is 0 Å². The van der Waals surface area contributed by atoms with Crippen molar-refractivity contribution < 1.29 is 8.42 Å². The van der Waals surface area contributed by atoms with E-state index in [9.17, 15) is 8.42 Å². The van der Waals surface area contributed by atoms with Crippen molar-refractivity contribution in [3.8, 4) is 11.5 Å². The second-order valence-electron chi connectivity index (χ2n) is 4.50. The summed E-state index contributed by atoms with van der Waals surface area (Å²) >= 11 is 0. The number of hydrogen-bond acceptors (Lipinski definition) is 8. The lowest BCUT2D eigenvalue weighted by Crippen LogP contribution is -2.11. The normalized spacial score (nSPS) is 11.9. The molecule has 0 unspecified atom stereocenters. The Morgan fingerprint density at radius 1 is 1.19 bits per heavy atom. The average Bonchev–Trinajstić information content (AvgIpc) is 2.83. The number of sulfone groups is 1. The molecule has 0 atom stereocenters. The van der Waals surface area contributed by atoms with E-state index in [-0.39, 0.29) is 16.9 Å². The van der Waals surface area contributed by atoms with Crippen molar-refractivity contribution in [3.63, 3.8) is 0 Å². The van der Waals surface area contributed by atoms with Crippen LogP contribution in [0.25, 0.3) is 17.3 Å². The Hall–Kier alpha value is -2.62. The number of aryl methyl sites for hydroxylation is 1. The molecule has 2 N–H and O–H groups in total. The van der Waals surface area contributed by atoms with Crippen LogP contribution in [0.4, 0.5) is 5.95 Å². The average molecular weight is 305 g/mol. The molecule has 0 saturated heterocycles. The third-order valence-corrected chi connectivity index (χ3v) is 3.53. The van der Waals surface area contributed by atoms with Gasteiger partial charge in [0.2, 0.25) is 21.6 Å². The molecule has 10 heteroatoms. The van der Waals surface area contributed by atoms with Crippen molar-refractivity contribution in [2.75, 3.05) is 12.0 Å². The molecule has 3 rings (SSSR count). The fraction of sp³-hybridized carbons (Fsp3) is 0.182. The molecule has 21 heavy (non-hydrogen) atoms. The van der Waals surface area contributed by atoms with E-state index < -0.39 is 9.84 Å². The molecule has 0 aliphatic carbocycles. The van der Waals surface area contributed by atoms with Crippen LogP contribution in [0.5, 0.6) is 0 Å². The molecule has 0 fully saturated rings. The number of pyridine rings is 1. The molecule has 0 saturated carbocycles. The number of anilines is 1. The third kappa shape index (κ3) is 2.40. The molecule has 3 aromatic heterocycles. The van der Waals surface area contributed by atoms with Crippen LogP contribution in [0, 0.1) is 6.92 Å². The highest BCUT2D eigenvalue weighted by Gasteiger charge is 2.17. The van der Waals surface area contributed by atoms with E-state index in [0.29, 0.717) is 11.5 Å². The molecular weight excluding hydrogens is 294 g/mol. The molecule has 0 amide bonds. The summed E-state index contributed by atoms with van der Waals surface area (Å²) in [6.45, 7) is 1.91. The SMILES string of the molecule is Cc1ccc(-c2nc3nc(S(C)(=O)=O)nc(N)n3n2)nc1. The molecular formula is C11H11N7O2S. The van der Waals surface area contributed by atoms with E-state index in [4.69, 9.17) is 5.73 Å².